The number of fused-ring (bicyclic) bond motifs is 1. The van der Waals surface area contributed by atoms with Crippen LogP contribution in [0.5, 0.6) is 5.75 Å². The number of aliphatic hydroxyl groups excluding tert-OH is 1. The number of hydrogen-bond acceptors (Lipinski definition) is 3. The fourth-order valence-corrected chi connectivity index (χ4v) is 1.36. The van der Waals surface area contributed by atoms with Gasteiger partial charge >= 0.3 is 0 Å². The highest BCUT2D eigenvalue weighted by molar-refractivity contribution is 5.41. The fourth-order valence-electron chi connectivity index (χ4n) is 1.36. The van der Waals surface area contributed by atoms with Gasteiger partial charge in [-0.15, -0.1) is 0 Å². The quantitative estimate of drug-likeness (QED) is 0.593. The summed E-state index contributed by atoms with van der Waals surface area (Å²) in [7, 11) is 0. The summed E-state index contributed by atoms with van der Waals surface area (Å²) in [6.07, 6.45) is -1.16. The Labute approximate surface area is 70.2 Å². The molecule has 0 bridgehead atoms. The molecule has 1 aliphatic heterocycles. The number of benzene rings is 1. The van der Waals surface area contributed by atoms with Gasteiger partial charge in [0.1, 0.15) is 5.75 Å². The van der Waals surface area contributed by atoms with Gasteiger partial charge in [0.15, 0.2) is 5.60 Å². The van der Waals surface area contributed by atoms with Gasteiger partial charge in [-0.1, -0.05) is 18.2 Å². The maximum absolute atomic E-state index is 9.74. The largest absolute Gasteiger partial charge is 0.461 e. The molecule has 2 atom stereocenters. The van der Waals surface area contributed by atoms with Crippen LogP contribution < -0.4 is 4.74 Å². The highest BCUT2D eigenvalue weighted by Crippen LogP contribution is 2.39. The van der Waals surface area contributed by atoms with Gasteiger partial charge < -0.3 is 14.9 Å². The first kappa shape index (κ1) is 7.58. The molecule has 0 aliphatic carbocycles. The van der Waals surface area contributed by atoms with Crippen LogP contribution >= 0.6 is 0 Å². The van der Waals surface area contributed by atoms with Crippen molar-refractivity contribution in [3.05, 3.63) is 29.8 Å². The van der Waals surface area contributed by atoms with Crippen LogP contribution in [-0.4, -0.2) is 16.5 Å². The van der Waals surface area contributed by atoms with E-state index in [1.54, 1.807) is 24.3 Å². The van der Waals surface area contributed by atoms with E-state index in [2.05, 4.69) is 0 Å². The number of hydrogen-bond donors (Lipinski definition) is 2. The standard InChI is InChI=1S/C9H10O3/c1-9(11)6-4-2-3-5-7(6)12-8(9)10/h2-5,8,10-11H,1H3/t8-,9+/m0/s1. The van der Waals surface area contributed by atoms with Gasteiger partial charge in [-0.25, -0.2) is 0 Å². The second kappa shape index (κ2) is 2.21. The molecule has 12 heavy (non-hydrogen) atoms. The van der Waals surface area contributed by atoms with Crippen molar-refractivity contribution in [1.82, 2.24) is 0 Å². The molecule has 0 fully saturated rings. The Morgan fingerprint density at radius 2 is 2.08 bits per heavy atom. The van der Waals surface area contributed by atoms with Gasteiger partial charge in [0.05, 0.1) is 0 Å². The molecule has 3 nitrogen and oxygen atoms in total. The average Bonchev–Trinajstić information content (AvgIpc) is 2.25. The minimum absolute atomic E-state index is 0.551. The van der Waals surface area contributed by atoms with Crippen LogP contribution in [0, 0.1) is 0 Å². The van der Waals surface area contributed by atoms with Crippen molar-refractivity contribution in [2.45, 2.75) is 18.8 Å². The average molecular weight is 166 g/mol. The summed E-state index contributed by atoms with van der Waals surface area (Å²) >= 11 is 0. The summed E-state index contributed by atoms with van der Waals surface area (Å²) in [5, 5.41) is 19.0. The second-order valence-electron chi connectivity index (χ2n) is 3.11. The van der Waals surface area contributed by atoms with Crippen molar-refractivity contribution < 1.29 is 14.9 Å². The minimum Gasteiger partial charge on any atom is -0.461 e. The molecular formula is C9H10O3. The van der Waals surface area contributed by atoms with E-state index in [9.17, 15) is 10.2 Å². The Kier molecular flexibility index (Phi) is 1.40. The number of aliphatic hydroxyl groups is 2. The molecule has 0 amide bonds. The number of rotatable bonds is 0. The summed E-state index contributed by atoms with van der Waals surface area (Å²) in [5.74, 6) is 0.551. The maximum Gasteiger partial charge on any atom is 0.230 e. The predicted octanol–water partition coefficient (Wildman–Crippen LogP) is 0.605. The highest BCUT2D eigenvalue weighted by Gasteiger charge is 2.42. The number of ether oxygens (including phenoxy) is 1. The van der Waals surface area contributed by atoms with Gasteiger partial charge in [0.25, 0.3) is 0 Å². The Morgan fingerprint density at radius 3 is 2.75 bits per heavy atom. The summed E-state index contributed by atoms with van der Waals surface area (Å²) in [6.45, 7) is 1.53. The van der Waals surface area contributed by atoms with Crippen LogP contribution in [0.25, 0.3) is 0 Å². The topological polar surface area (TPSA) is 49.7 Å². The second-order valence-corrected chi connectivity index (χ2v) is 3.11. The van der Waals surface area contributed by atoms with E-state index in [0.717, 1.165) is 0 Å². The van der Waals surface area contributed by atoms with Crippen molar-refractivity contribution in [2.75, 3.05) is 0 Å². The molecule has 1 aromatic rings. The van der Waals surface area contributed by atoms with Gasteiger partial charge in [0, 0.05) is 5.56 Å². The zero-order chi connectivity index (χ0) is 8.77. The normalized spacial score (nSPS) is 32.8. The first-order valence-corrected chi connectivity index (χ1v) is 3.79. The third-order valence-electron chi connectivity index (χ3n) is 2.15. The van der Waals surface area contributed by atoms with Gasteiger partial charge in [-0.05, 0) is 13.0 Å². The van der Waals surface area contributed by atoms with Crippen molar-refractivity contribution in [3.63, 3.8) is 0 Å². The molecule has 2 N–H and O–H groups in total. The van der Waals surface area contributed by atoms with Gasteiger partial charge in [-0.2, -0.15) is 0 Å². The van der Waals surface area contributed by atoms with Crippen molar-refractivity contribution in [3.8, 4) is 5.75 Å². The van der Waals surface area contributed by atoms with E-state index < -0.39 is 11.9 Å². The Morgan fingerprint density at radius 1 is 1.42 bits per heavy atom. The molecule has 1 aromatic carbocycles. The van der Waals surface area contributed by atoms with Crippen LogP contribution in [0.2, 0.25) is 0 Å². The Balaban J connectivity index is 2.55. The molecule has 0 unspecified atom stereocenters. The third kappa shape index (κ3) is 0.838. The first-order chi connectivity index (χ1) is 5.62. The first-order valence-electron chi connectivity index (χ1n) is 3.79. The molecule has 3 heteroatoms. The lowest BCUT2D eigenvalue weighted by molar-refractivity contribution is -0.141. The number of para-hydroxylation sites is 1. The molecule has 64 valence electrons. The monoisotopic (exact) mass is 166 g/mol. The Bertz CT molecular complexity index is 306. The highest BCUT2D eigenvalue weighted by atomic mass is 16.6. The lowest BCUT2D eigenvalue weighted by Gasteiger charge is -2.18. The van der Waals surface area contributed by atoms with E-state index >= 15 is 0 Å². The molecule has 0 saturated heterocycles. The van der Waals surface area contributed by atoms with E-state index in [0.29, 0.717) is 11.3 Å². The molecule has 0 aromatic heterocycles. The SMILES string of the molecule is C[C@@]1(O)c2ccccc2O[C@@H]1O. The van der Waals surface area contributed by atoms with Crippen LogP contribution in [0.15, 0.2) is 24.3 Å². The molecule has 0 radical (unpaired) electrons. The van der Waals surface area contributed by atoms with E-state index in [4.69, 9.17) is 4.74 Å². The zero-order valence-corrected chi connectivity index (χ0v) is 6.69. The summed E-state index contributed by atoms with van der Waals surface area (Å²) in [4.78, 5) is 0. The fraction of sp³-hybridized carbons (Fsp3) is 0.333. The summed E-state index contributed by atoms with van der Waals surface area (Å²) in [5.41, 5.74) is -0.645. The van der Waals surface area contributed by atoms with Crippen LogP contribution in [-0.2, 0) is 5.60 Å². The zero-order valence-electron chi connectivity index (χ0n) is 6.69. The van der Waals surface area contributed by atoms with Gasteiger partial charge in [0.2, 0.25) is 6.29 Å². The molecular weight excluding hydrogens is 156 g/mol. The van der Waals surface area contributed by atoms with Crippen LogP contribution in [0.3, 0.4) is 0 Å². The van der Waals surface area contributed by atoms with Crippen molar-refractivity contribution >= 4 is 0 Å². The molecule has 0 spiro atoms. The van der Waals surface area contributed by atoms with E-state index in [1.807, 2.05) is 0 Å². The molecule has 1 aliphatic rings. The molecule has 0 saturated carbocycles. The van der Waals surface area contributed by atoms with Crippen molar-refractivity contribution in [1.29, 1.82) is 0 Å². The third-order valence-corrected chi connectivity index (χ3v) is 2.15. The van der Waals surface area contributed by atoms with Crippen LogP contribution in [0.1, 0.15) is 12.5 Å². The predicted molar refractivity (Wildman–Crippen MR) is 42.6 cm³/mol. The molecule has 2 rings (SSSR count). The lowest BCUT2D eigenvalue weighted by atomic mass is 9.97. The van der Waals surface area contributed by atoms with Crippen LogP contribution in [0.4, 0.5) is 0 Å². The summed E-state index contributed by atoms with van der Waals surface area (Å²) in [6, 6.07) is 7.06. The summed E-state index contributed by atoms with van der Waals surface area (Å²) < 4.78 is 5.03. The van der Waals surface area contributed by atoms with E-state index in [-0.39, 0.29) is 0 Å². The lowest BCUT2D eigenvalue weighted by Crippen LogP contribution is -2.34. The maximum atomic E-state index is 9.74. The smallest absolute Gasteiger partial charge is 0.230 e. The van der Waals surface area contributed by atoms with E-state index in [1.165, 1.54) is 6.92 Å². The molecule has 1 heterocycles. The van der Waals surface area contributed by atoms with Crippen molar-refractivity contribution in [2.24, 2.45) is 0 Å². The Hall–Kier alpha value is -1.06. The minimum atomic E-state index is -1.28. The van der Waals surface area contributed by atoms with Gasteiger partial charge in [-0.3, -0.25) is 0 Å².